The number of pyridine rings is 1. The smallest absolute Gasteiger partial charge is 0.341 e. The molecular weight excluding hydrogens is 408 g/mol. The van der Waals surface area contributed by atoms with E-state index in [1.165, 1.54) is 12.3 Å². The summed E-state index contributed by atoms with van der Waals surface area (Å²) in [6.07, 6.45) is 5.24. The number of rotatable bonds is 4. The minimum atomic E-state index is -1.24. The van der Waals surface area contributed by atoms with E-state index in [2.05, 4.69) is 50.8 Å². The Balaban J connectivity index is 1.96. The number of methoxy groups -OCH3 is 1. The van der Waals surface area contributed by atoms with Crippen molar-refractivity contribution in [1.29, 1.82) is 0 Å². The van der Waals surface area contributed by atoms with Gasteiger partial charge in [-0.1, -0.05) is 0 Å². The van der Waals surface area contributed by atoms with Crippen molar-refractivity contribution < 1.29 is 14.6 Å². The Hall–Kier alpha value is -3.55. The Kier molecular flexibility index (Phi) is 5.11. The molecule has 0 unspecified atom stereocenters. The van der Waals surface area contributed by atoms with Crippen LogP contribution < -0.4 is 15.2 Å². The van der Waals surface area contributed by atoms with Crippen LogP contribution in [0.25, 0.3) is 22.4 Å². The van der Waals surface area contributed by atoms with Crippen LogP contribution in [0.3, 0.4) is 0 Å². The lowest BCUT2D eigenvalue weighted by atomic mass is 9.94. The van der Waals surface area contributed by atoms with Gasteiger partial charge >= 0.3 is 5.97 Å². The van der Waals surface area contributed by atoms with Crippen LogP contribution in [0.15, 0.2) is 41.6 Å². The number of ether oxygens (including phenoxy) is 1. The highest BCUT2D eigenvalue weighted by molar-refractivity contribution is 5.88. The Labute approximate surface area is 186 Å². The van der Waals surface area contributed by atoms with E-state index in [9.17, 15) is 14.7 Å². The van der Waals surface area contributed by atoms with Crippen molar-refractivity contribution in [2.45, 2.75) is 52.7 Å². The number of hydrogen-bond acceptors (Lipinski definition) is 5. The summed E-state index contributed by atoms with van der Waals surface area (Å²) in [5.41, 5.74) is 3.28. The van der Waals surface area contributed by atoms with Crippen LogP contribution >= 0.6 is 0 Å². The van der Waals surface area contributed by atoms with Crippen molar-refractivity contribution in [3.8, 4) is 28.1 Å². The van der Waals surface area contributed by atoms with E-state index >= 15 is 0 Å². The molecule has 0 amide bonds. The summed E-state index contributed by atoms with van der Waals surface area (Å²) in [7, 11) is 1.61. The molecule has 0 bridgehead atoms. The van der Waals surface area contributed by atoms with Gasteiger partial charge in [0.2, 0.25) is 0 Å². The second kappa shape index (κ2) is 7.55. The molecule has 4 rings (SSSR count). The van der Waals surface area contributed by atoms with E-state index in [4.69, 9.17) is 4.74 Å². The summed E-state index contributed by atoms with van der Waals surface area (Å²) in [5, 5.41) is 16.0. The molecule has 0 saturated heterocycles. The lowest BCUT2D eigenvalue weighted by Gasteiger charge is -2.44. The molecule has 1 N–H and O–H groups in total. The van der Waals surface area contributed by atoms with Gasteiger partial charge in [0, 0.05) is 46.7 Å². The maximum atomic E-state index is 12.6. The summed E-state index contributed by atoms with van der Waals surface area (Å²) in [5.74, 6) is -0.572. The highest BCUT2D eigenvalue weighted by Crippen LogP contribution is 2.40. The third kappa shape index (κ3) is 3.55. The zero-order chi connectivity index (χ0) is 23.4. The van der Waals surface area contributed by atoms with Crippen LogP contribution in [0.1, 0.15) is 56.6 Å². The van der Waals surface area contributed by atoms with Crippen LogP contribution in [0.4, 0.5) is 0 Å². The SMILES string of the molecule is COc1cc2c(cc1-c1cnn(C(C)C)c1)CN(C(C)(C)C)n1cc(C(=O)O)c(=O)cc1-2. The summed E-state index contributed by atoms with van der Waals surface area (Å²) in [6.45, 7) is 10.8. The number of carboxylic acids is 1. The maximum absolute atomic E-state index is 12.6. The number of nitrogens with zero attached hydrogens (tertiary/aromatic N) is 4. The van der Waals surface area contributed by atoms with Gasteiger partial charge in [-0.3, -0.25) is 14.2 Å². The minimum Gasteiger partial charge on any atom is -0.496 e. The lowest BCUT2D eigenvalue weighted by molar-refractivity contribution is 0.0694. The molecule has 3 heterocycles. The van der Waals surface area contributed by atoms with Gasteiger partial charge in [0.1, 0.15) is 11.3 Å². The molecule has 0 spiro atoms. The molecule has 1 aliphatic heterocycles. The van der Waals surface area contributed by atoms with E-state index in [1.54, 1.807) is 11.8 Å². The van der Waals surface area contributed by atoms with Gasteiger partial charge in [0.25, 0.3) is 0 Å². The number of aromatic nitrogens is 3. The summed E-state index contributed by atoms with van der Waals surface area (Å²) in [4.78, 5) is 24.2. The fraction of sp³-hybridized carbons (Fsp3) is 0.375. The van der Waals surface area contributed by atoms with Crippen molar-refractivity contribution in [3.05, 3.63) is 58.1 Å². The van der Waals surface area contributed by atoms with Crippen LogP contribution in [0.5, 0.6) is 5.75 Å². The molecular formula is C24H28N4O4. The van der Waals surface area contributed by atoms with E-state index in [0.29, 0.717) is 18.0 Å². The minimum absolute atomic E-state index is 0.242. The lowest BCUT2D eigenvalue weighted by Crippen LogP contribution is -2.51. The first-order valence-corrected chi connectivity index (χ1v) is 10.5. The van der Waals surface area contributed by atoms with Gasteiger partial charge in [-0.15, -0.1) is 0 Å². The van der Waals surface area contributed by atoms with Crippen molar-refractivity contribution in [2.75, 3.05) is 12.1 Å². The van der Waals surface area contributed by atoms with Crippen LogP contribution in [0, 0.1) is 0 Å². The van der Waals surface area contributed by atoms with E-state index in [0.717, 1.165) is 22.3 Å². The third-order valence-corrected chi connectivity index (χ3v) is 5.76. The molecule has 8 nitrogen and oxygen atoms in total. The predicted molar refractivity (Wildman–Crippen MR) is 123 cm³/mol. The standard InChI is InChI=1S/C24H28N4O4/c1-14(2)26-11-16(10-25-26)18-7-15-12-28(24(3,4)5)27-13-19(23(30)31)21(29)9-20(27)17(15)8-22(18)32-6/h7-11,13-14H,12H2,1-6H3,(H,30,31). The molecule has 0 radical (unpaired) electrons. The number of fused-ring (bicyclic) bond motifs is 3. The molecule has 3 aromatic rings. The number of aromatic carboxylic acids is 1. The van der Waals surface area contributed by atoms with Gasteiger partial charge in [0.05, 0.1) is 25.5 Å². The van der Waals surface area contributed by atoms with E-state index in [1.807, 2.05) is 23.1 Å². The van der Waals surface area contributed by atoms with Crippen molar-refractivity contribution >= 4 is 5.97 Å². The highest BCUT2D eigenvalue weighted by Gasteiger charge is 2.31. The molecule has 0 fully saturated rings. The van der Waals surface area contributed by atoms with Crippen molar-refractivity contribution in [1.82, 2.24) is 14.5 Å². The summed E-state index contributed by atoms with van der Waals surface area (Å²) in [6, 6.07) is 5.64. The van der Waals surface area contributed by atoms with Crippen LogP contribution in [-0.4, -0.2) is 38.2 Å². The second-order valence-electron chi connectivity index (χ2n) is 9.33. The predicted octanol–water partition coefficient (Wildman–Crippen LogP) is 3.92. The number of hydrogen-bond donors (Lipinski definition) is 1. The van der Waals surface area contributed by atoms with Gasteiger partial charge in [-0.25, -0.2) is 4.79 Å². The molecule has 168 valence electrons. The molecule has 1 aromatic carbocycles. The molecule has 1 aliphatic rings. The van der Waals surface area contributed by atoms with E-state index in [-0.39, 0.29) is 17.1 Å². The van der Waals surface area contributed by atoms with E-state index < -0.39 is 11.4 Å². The topological polar surface area (TPSA) is 89.6 Å². The second-order valence-corrected chi connectivity index (χ2v) is 9.33. The fourth-order valence-corrected chi connectivity index (χ4v) is 4.03. The van der Waals surface area contributed by atoms with Gasteiger partial charge in [0.15, 0.2) is 5.43 Å². The first-order valence-electron chi connectivity index (χ1n) is 10.5. The van der Waals surface area contributed by atoms with Crippen molar-refractivity contribution in [2.24, 2.45) is 0 Å². The van der Waals surface area contributed by atoms with Crippen LogP contribution in [0.2, 0.25) is 0 Å². The van der Waals surface area contributed by atoms with Gasteiger partial charge < -0.3 is 14.9 Å². The van der Waals surface area contributed by atoms with Gasteiger partial charge in [-0.2, -0.15) is 5.10 Å². The Morgan fingerprint density at radius 3 is 2.44 bits per heavy atom. The summed E-state index contributed by atoms with van der Waals surface area (Å²) < 4.78 is 9.39. The Morgan fingerprint density at radius 1 is 1.16 bits per heavy atom. The first kappa shape index (κ1) is 21.7. The van der Waals surface area contributed by atoms with Crippen LogP contribution in [-0.2, 0) is 6.54 Å². The molecule has 2 aromatic heterocycles. The molecule has 32 heavy (non-hydrogen) atoms. The fourth-order valence-electron chi connectivity index (χ4n) is 4.03. The largest absolute Gasteiger partial charge is 0.496 e. The average Bonchev–Trinajstić information content (AvgIpc) is 3.21. The number of carbonyl (C=O) groups is 1. The molecule has 8 heteroatoms. The highest BCUT2D eigenvalue weighted by atomic mass is 16.5. The quantitative estimate of drug-likeness (QED) is 0.667. The average molecular weight is 437 g/mol. The zero-order valence-corrected chi connectivity index (χ0v) is 19.2. The normalized spacial score (nSPS) is 13.2. The Morgan fingerprint density at radius 2 is 1.88 bits per heavy atom. The molecule has 0 atom stereocenters. The first-order chi connectivity index (χ1) is 15.0. The third-order valence-electron chi connectivity index (χ3n) is 5.76. The number of carboxylic acid groups (broad SMARTS) is 1. The van der Waals surface area contributed by atoms with Gasteiger partial charge in [-0.05, 0) is 52.3 Å². The zero-order valence-electron chi connectivity index (χ0n) is 19.2. The molecule has 0 aliphatic carbocycles. The maximum Gasteiger partial charge on any atom is 0.341 e. The van der Waals surface area contributed by atoms with Crippen molar-refractivity contribution in [3.63, 3.8) is 0 Å². The number of benzene rings is 1. The Bertz CT molecular complexity index is 1260. The monoisotopic (exact) mass is 436 g/mol. The summed E-state index contributed by atoms with van der Waals surface area (Å²) >= 11 is 0. The molecule has 0 saturated carbocycles.